The molecule has 0 spiro atoms. The molecule has 2 N–H and O–H groups in total. The molecule has 0 heterocycles. The molecule has 2 aromatic rings. The number of ether oxygens (including phenoxy) is 2. The van der Waals surface area contributed by atoms with Crippen LogP contribution in [0.15, 0.2) is 48.5 Å². The highest BCUT2D eigenvalue weighted by molar-refractivity contribution is 5.65. The Hall–Kier alpha value is -2.53. The van der Waals surface area contributed by atoms with Gasteiger partial charge in [0.2, 0.25) is 0 Å². The van der Waals surface area contributed by atoms with Crippen LogP contribution in [0.25, 0.3) is 11.1 Å². The molecular weight excluding hydrogens is 292 g/mol. The smallest absolute Gasteiger partial charge is 0.404 e. The van der Waals surface area contributed by atoms with Crippen molar-refractivity contribution in [1.82, 2.24) is 4.90 Å². The van der Waals surface area contributed by atoms with Gasteiger partial charge in [0.05, 0.1) is 0 Å². The number of rotatable bonds is 7. The first-order chi connectivity index (χ1) is 11.0. The molecule has 5 nitrogen and oxygen atoms in total. The highest BCUT2D eigenvalue weighted by Crippen LogP contribution is 2.23. The minimum Gasteiger partial charge on any atom is -0.492 e. The van der Waals surface area contributed by atoms with Gasteiger partial charge in [-0.2, -0.15) is 0 Å². The molecule has 2 aromatic carbocycles. The average Bonchev–Trinajstić information content (AvgIpc) is 2.54. The molecule has 0 saturated heterocycles. The summed E-state index contributed by atoms with van der Waals surface area (Å²) in [6, 6.07) is 15.8. The van der Waals surface area contributed by atoms with Gasteiger partial charge in [0, 0.05) is 6.54 Å². The molecule has 0 unspecified atom stereocenters. The van der Waals surface area contributed by atoms with Gasteiger partial charge in [0.25, 0.3) is 0 Å². The zero-order valence-electron chi connectivity index (χ0n) is 13.5. The van der Waals surface area contributed by atoms with Crippen molar-refractivity contribution in [3.63, 3.8) is 0 Å². The Morgan fingerprint density at radius 2 is 1.57 bits per heavy atom. The van der Waals surface area contributed by atoms with Gasteiger partial charge in [0.15, 0.2) is 0 Å². The number of nitrogens with two attached hydrogens (primary N) is 1. The fraction of sp³-hybridized carbons (Fsp3) is 0.278. The van der Waals surface area contributed by atoms with Gasteiger partial charge in [-0.25, -0.2) is 4.79 Å². The Balaban J connectivity index is 1.94. The molecule has 0 atom stereocenters. The Kier molecular flexibility index (Phi) is 6.00. The van der Waals surface area contributed by atoms with E-state index in [1.807, 2.05) is 62.6 Å². The third-order valence-corrected chi connectivity index (χ3v) is 3.33. The number of likely N-dealkylation sites (N-methyl/N-ethyl adjacent to an activating group) is 1. The summed E-state index contributed by atoms with van der Waals surface area (Å²) in [6.07, 6.45) is -0.765. The summed E-state index contributed by atoms with van der Waals surface area (Å²) in [5.41, 5.74) is 8.04. The lowest BCUT2D eigenvalue weighted by Gasteiger charge is -2.11. The number of primary amides is 1. The topological polar surface area (TPSA) is 64.8 Å². The van der Waals surface area contributed by atoms with E-state index in [-0.39, 0.29) is 6.61 Å². The van der Waals surface area contributed by atoms with Crippen molar-refractivity contribution in [3.8, 4) is 16.9 Å². The lowest BCUT2D eigenvalue weighted by molar-refractivity contribution is 0.150. The van der Waals surface area contributed by atoms with Gasteiger partial charge in [-0.3, -0.25) is 0 Å². The number of carbonyl (C=O) groups is 1. The second-order valence-electron chi connectivity index (χ2n) is 5.48. The number of amides is 1. The summed E-state index contributed by atoms with van der Waals surface area (Å²) >= 11 is 0. The Morgan fingerprint density at radius 3 is 2.09 bits per heavy atom. The SMILES string of the molecule is CN(C)CCOc1ccc(-c2ccc(COC(N)=O)cc2)cc1. The van der Waals surface area contributed by atoms with Crippen LogP contribution in [-0.2, 0) is 11.3 Å². The van der Waals surface area contributed by atoms with Gasteiger partial charge in [-0.1, -0.05) is 36.4 Å². The van der Waals surface area contributed by atoms with Crippen LogP contribution in [0.1, 0.15) is 5.56 Å². The molecule has 0 radical (unpaired) electrons. The lowest BCUT2D eigenvalue weighted by Crippen LogP contribution is -2.19. The maximum Gasteiger partial charge on any atom is 0.404 e. The first-order valence-electron chi connectivity index (χ1n) is 7.44. The third-order valence-electron chi connectivity index (χ3n) is 3.33. The molecule has 0 aromatic heterocycles. The van der Waals surface area contributed by atoms with Gasteiger partial charge >= 0.3 is 6.09 Å². The Morgan fingerprint density at radius 1 is 1.00 bits per heavy atom. The Bertz CT molecular complexity index is 622. The second-order valence-corrected chi connectivity index (χ2v) is 5.48. The predicted octanol–water partition coefficient (Wildman–Crippen LogP) is 2.89. The van der Waals surface area contributed by atoms with Crippen molar-refractivity contribution in [2.75, 3.05) is 27.2 Å². The molecule has 0 fully saturated rings. The van der Waals surface area contributed by atoms with Gasteiger partial charge in [-0.05, 0) is 42.9 Å². The van der Waals surface area contributed by atoms with Crippen LogP contribution in [0.3, 0.4) is 0 Å². The number of carbonyl (C=O) groups excluding carboxylic acids is 1. The van der Waals surface area contributed by atoms with E-state index >= 15 is 0 Å². The van der Waals surface area contributed by atoms with Crippen molar-refractivity contribution in [1.29, 1.82) is 0 Å². The number of nitrogens with zero attached hydrogens (tertiary/aromatic N) is 1. The molecule has 2 rings (SSSR count). The summed E-state index contributed by atoms with van der Waals surface area (Å²) in [6.45, 7) is 1.74. The molecule has 5 heteroatoms. The maximum absolute atomic E-state index is 10.6. The van der Waals surface area contributed by atoms with E-state index in [0.717, 1.165) is 29.0 Å². The van der Waals surface area contributed by atoms with Gasteiger partial charge in [0.1, 0.15) is 19.0 Å². The monoisotopic (exact) mass is 314 g/mol. The van der Waals surface area contributed by atoms with Crippen LogP contribution >= 0.6 is 0 Å². The maximum atomic E-state index is 10.6. The van der Waals surface area contributed by atoms with E-state index in [1.54, 1.807) is 0 Å². The molecule has 0 aliphatic heterocycles. The number of hydrogen-bond donors (Lipinski definition) is 1. The Labute approximate surface area is 136 Å². The average molecular weight is 314 g/mol. The predicted molar refractivity (Wildman–Crippen MR) is 90.3 cm³/mol. The molecular formula is C18H22N2O3. The first-order valence-corrected chi connectivity index (χ1v) is 7.44. The van der Waals surface area contributed by atoms with Crippen LogP contribution < -0.4 is 10.5 Å². The van der Waals surface area contributed by atoms with E-state index in [1.165, 1.54) is 0 Å². The summed E-state index contributed by atoms with van der Waals surface area (Å²) in [5, 5.41) is 0. The van der Waals surface area contributed by atoms with E-state index in [4.69, 9.17) is 15.2 Å². The number of hydrogen-bond acceptors (Lipinski definition) is 4. The summed E-state index contributed by atoms with van der Waals surface area (Å²) in [5.74, 6) is 0.863. The molecule has 23 heavy (non-hydrogen) atoms. The largest absolute Gasteiger partial charge is 0.492 e. The molecule has 0 saturated carbocycles. The van der Waals surface area contributed by atoms with Crippen LogP contribution in [-0.4, -0.2) is 38.2 Å². The standard InChI is InChI=1S/C18H22N2O3/c1-20(2)11-12-22-17-9-7-16(8-10-17)15-5-3-14(4-6-15)13-23-18(19)21/h3-10H,11-13H2,1-2H3,(H2,19,21). The van der Waals surface area contributed by atoms with Crippen molar-refractivity contribution in [2.24, 2.45) is 5.73 Å². The quantitative estimate of drug-likeness (QED) is 0.853. The fourth-order valence-corrected chi connectivity index (χ4v) is 2.04. The van der Waals surface area contributed by atoms with Crippen LogP contribution in [0.5, 0.6) is 5.75 Å². The van der Waals surface area contributed by atoms with Crippen molar-refractivity contribution >= 4 is 6.09 Å². The van der Waals surface area contributed by atoms with Crippen LogP contribution in [0, 0.1) is 0 Å². The highest BCUT2D eigenvalue weighted by atomic mass is 16.5. The second kappa shape index (κ2) is 8.19. The van der Waals surface area contributed by atoms with Crippen molar-refractivity contribution in [3.05, 3.63) is 54.1 Å². The molecule has 1 amide bonds. The molecule has 0 aliphatic rings. The van der Waals surface area contributed by atoms with Gasteiger partial charge in [-0.15, -0.1) is 0 Å². The third kappa shape index (κ3) is 5.64. The lowest BCUT2D eigenvalue weighted by atomic mass is 10.0. The fourth-order valence-electron chi connectivity index (χ4n) is 2.04. The van der Waals surface area contributed by atoms with Gasteiger partial charge < -0.3 is 20.1 Å². The van der Waals surface area contributed by atoms with Crippen LogP contribution in [0.4, 0.5) is 4.79 Å². The van der Waals surface area contributed by atoms with Crippen molar-refractivity contribution in [2.45, 2.75) is 6.61 Å². The zero-order valence-corrected chi connectivity index (χ0v) is 13.5. The summed E-state index contributed by atoms with van der Waals surface area (Å²) in [4.78, 5) is 12.7. The van der Waals surface area contributed by atoms with Crippen molar-refractivity contribution < 1.29 is 14.3 Å². The molecule has 122 valence electrons. The van der Waals surface area contributed by atoms with E-state index in [9.17, 15) is 4.79 Å². The normalized spacial score (nSPS) is 10.6. The summed E-state index contributed by atoms with van der Waals surface area (Å²) < 4.78 is 10.4. The van der Waals surface area contributed by atoms with E-state index in [2.05, 4.69) is 4.90 Å². The molecule has 0 bridgehead atoms. The minimum absolute atomic E-state index is 0.189. The first kappa shape index (κ1) is 16.8. The van der Waals surface area contributed by atoms with E-state index in [0.29, 0.717) is 6.61 Å². The van der Waals surface area contributed by atoms with E-state index < -0.39 is 6.09 Å². The minimum atomic E-state index is -0.765. The number of benzene rings is 2. The van der Waals surface area contributed by atoms with Crippen LogP contribution in [0.2, 0.25) is 0 Å². The molecule has 0 aliphatic carbocycles. The summed E-state index contributed by atoms with van der Waals surface area (Å²) in [7, 11) is 4.04. The zero-order chi connectivity index (χ0) is 16.7. The highest BCUT2D eigenvalue weighted by Gasteiger charge is 2.01.